The highest BCUT2D eigenvalue weighted by Crippen LogP contribution is 2.31. The van der Waals surface area contributed by atoms with Crippen molar-refractivity contribution in [2.75, 3.05) is 10.6 Å². The van der Waals surface area contributed by atoms with Crippen molar-refractivity contribution in [3.05, 3.63) is 78.5 Å². The lowest BCUT2D eigenvalue weighted by molar-refractivity contribution is 0.262. The third-order valence-electron chi connectivity index (χ3n) is 4.87. The lowest BCUT2D eigenvalue weighted by Gasteiger charge is -2.14. The zero-order valence-electron chi connectivity index (χ0n) is 17.2. The number of rotatable bonds is 3. The number of para-hydroxylation sites is 1. The zero-order valence-corrected chi connectivity index (χ0v) is 17.2. The number of aromatic nitrogens is 2. The first-order chi connectivity index (χ1) is 14.3. The molecule has 0 saturated heterocycles. The first kappa shape index (κ1) is 19.5. The van der Waals surface area contributed by atoms with Crippen molar-refractivity contribution in [1.29, 1.82) is 0 Å². The Morgan fingerprint density at radius 1 is 0.900 bits per heavy atom. The Hall–Kier alpha value is -3.80. The maximum absolute atomic E-state index is 12.8. The van der Waals surface area contributed by atoms with E-state index in [2.05, 4.69) is 31.4 Å². The second-order valence-electron chi connectivity index (χ2n) is 8.17. The number of nitrogens with zero attached hydrogens (tertiary/aromatic N) is 2. The average molecular weight is 400 g/mol. The topological polar surface area (TPSA) is 79.2 Å². The van der Waals surface area contributed by atoms with E-state index in [0.29, 0.717) is 16.9 Å². The lowest BCUT2D eigenvalue weighted by Crippen LogP contribution is -2.21. The minimum Gasteiger partial charge on any atom is -0.507 e. The third kappa shape index (κ3) is 3.85. The van der Waals surface area contributed by atoms with Crippen molar-refractivity contribution in [2.45, 2.75) is 26.2 Å². The number of phenolic OH excluding ortho intramolecular Hbond substituents is 1. The smallest absolute Gasteiger partial charge is 0.324 e. The number of fused-ring (bicyclic) bond motifs is 1. The zero-order chi connectivity index (χ0) is 21.3. The second-order valence-corrected chi connectivity index (χ2v) is 8.17. The predicted octanol–water partition coefficient (Wildman–Crippen LogP) is 5.67. The van der Waals surface area contributed by atoms with Gasteiger partial charge < -0.3 is 10.4 Å². The van der Waals surface area contributed by atoms with Crippen LogP contribution in [0.3, 0.4) is 0 Å². The van der Waals surface area contributed by atoms with Gasteiger partial charge in [0.05, 0.1) is 17.1 Å². The molecule has 0 fully saturated rings. The highest BCUT2D eigenvalue weighted by atomic mass is 16.3. The molecular formula is C24H24N4O2. The fourth-order valence-corrected chi connectivity index (χ4v) is 3.26. The number of carbonyl (C=O) groups excluding carboxylic acids is 1. The highest BCUT2D eigenvalue weighted by Gasteiger charge is 2.21. The Morgan fingerprint density at radius 2 is 1.57 bits per heavy atom. The van der Waals surface area contributed by atoms with Gasteiger partial charge in [0.15, 0.2) is 0 Å². The molecule has 0 aliphatic rings. The number of carbonyl (C=O) groups is 1. The second kappa shape index (κ2) is 7.55. The molecule has 4 rings (SSSR count). The molecule has 3 aromatic carbocycles. The van der Waals surface area contributed by atoms with Gasteiger partial charge in [0, 0.05) is 22.3 Å². The highest BCUT2D eigenvalue weighted by molar-refractivity contribution is 6.07. The van der Waals surface area contributed by atoms with Gasteiger partial charge >= 0.3 is 6.03 Å². The van der Waals surface area contributed by atoms with Gasteiger partial charge in [-0.1, -0.05) is 63.2 Å². The summed E-state index contributed by atoms with van der Waals surface area (Å²) < 4.78 is 1.73. The van der Waals surface area contributed by atoms with Gasteiger partial charge in [0.25, 0.3) is 0 Å². The SMILES string of the molecule is CC(C)(C)c1cc(NC(=O)Nc2ccc(O)c3ccccc23)n(-c2ccccc2)n1. The number of anilines is 2. The van der Waals surface area contributed by atoms with Crippen LogP contribution in [-0.2, 0) is 5.41 Å². The molecule has 0 unspecified atom stereocenters. The maximum Gasteiger partial charge on any atom is 0.324 e. The number of hydrogen-bond donors (Lipinski definition) is 3. The van der Waals surface area contributed by atoms with E-state index in [1.165, 1.54) is 0 Å². The van der Waals surface area contributed by atoms with E-state index >= 15 is 0 Å². The van der Waals surface area contributed by atoms with Gasteiger partial charge in [-0.15, -0.1) is 0 Å². The van der Waals surface area contributed by atoms with Crippen LogP contribution < -0.4 is 10.6 Å². The number of urea groups is 1. The van der Waals surface area contributed by atoms with E-state index in [9.17, 15) is 9.90 Å². The summed E-state index contributed by atoms with van der Waals surface area (Å²) in [7, 11) is 0. The monoisotopic (exact) mass is 400 g/mol. The van der Waals surface area contributed by atoms with Crippen LogP contribution in [0.1, 0.15) is 26.5 Å². The summed E-state index contributed by atoms with van der Waals surface area (Å²) in [6, 6.07) is 21.8. The molecule has 0 aliphatic carbocycles. The quantitative estimate of drug-likeness (QED) is 0.388. The molecule has 3 N–H and O–H groups in total. The number of hydrogen-bond acceptors (Lipinski definition) is 3. The van der Waals surface area contributed by atoms with Crippen molar-refractivity contribution in [1.82, 2.24) is 9.78 Å². The van der Waals surface area contributed by atoms with Gasteiger partial charge in [-0.25, -0.2) is 9.48 Å². The van der Waals surface area contributed by atoms with Crippen molar-refractivity contribution >= 4 is 28.3 Å². The number of amides is 2. The maximum atomic E-state index is 12.8. The molecule has 6 heteroatoms. The Morgan fingerprint density at radius 3 is 2.27 bits per heavy atom. The fourth-order valence-electron chi connectivity index (χ4n) is 3.26. The van der Waals surface area contributed by atoms with Crippen LogP contribution in [-0.4, -0.2) is 20.9 Å². The minimum atomic E-state index is -0.386. The average Bonchev–Trinajstić information content (AvgIpc) is 3.15. The Balaban J connectivity index is 1.65. The molecule has 30 heavy (non-hydrogen) atoms. The largest absolute Gasteiger partial charge is 0.507 e. The molecule has 1 aromatic heterocycles. The molecule has 0 aliphatic heterocycles. The van der Waals surface area contributed by atoms with Gasteiger partial charge in [-0.05, 0) is 24.3 Å². The molecule has 0 bridgehead atoms. The van der Waals surface area contributed by atoms with Gasteiger partial charge in [0.2, 0.25) is 0 Å². The number of benzene rings is 3. The molecule has 0 radical (unpaired) electrons. The van der Waals surface area contributed by atoms with Crippen LogP contribution in [0.4, 0.5) is 16.3 Å². The van der Waals surface area contributed by atoms with E-state index in [-0.39, 0.29) is 17.2 Å². The summed E-state index contributed by atoms with van der Waals surface area (Å²) in [6.45, 7) is 6.24. The van der Waals surface area contributed by atoms with Crippen LogP contribution in [0.2, 0.25) is 0 Å². The summed E-state index contributed by atoms with van der Waals surface area (Å²) in [5.74, 6) is 0.750. The molecule has 0 atom stereocenters. The summed E-state index contributed by atoms with van der Waals surface area (Å²) >= 11 is 0. The number of nitrogens with one attached hydrogen (secondary N) is 2. The van der Waals surface area contributed by atoms with E-state index in [0.717, 1.165) is 16.8 Å². The Labute approximate surface area is 175 Å². The molecule has 6 nitrogen and oxygen atoms in total. The van der Waals surface area contributed by atoms with Crippen LogP contribution >= 0.6 is 0 Å². The normalized spacial score (nSPS) is 11.4. The van der Waals surface area contributed by atoms with Crippen molar-refractivity contribution in [3.63, 3.8) is 0 Å². The van der Waals surface area contributed by atoms with Crippen molar-refractivity contribution < 1.29 is 9.90 Å². The van der Waals surface area contributed by atoms with E-state index < -0.39 is 0 Å². The van der Waals surface area contributed by atoms with Gasteiger partial charge in [-0.2, -0.15) is 5.10 Å². The molecule has 0 spiro atoms. The Kier molecular flexibility index (Phi) is 4.91. The minimum absolute atomic E-state index is 0.167. The molecule has 1 heterocycles. The molecule has 2 amide bonds. The van der Waals surface area contributed by atoms with E-state index in [4.69, 9.17) is 5.10 Å². The third-order valence-corrected chi connectivity index (χ3v) is 4.87. The van der Waals surface area contributed by atoms with Crippen molar-refractivity contribution in [2.24, 2.45) is 0 Å². The molecule has 0 saturated carbocycles. The summed E-state index contributed by atoms with van der Waals surface area (Å²) in [6.07, 6.45) is 0. The van der Waals surface area contributed by atoms with E-state index in [1.54, 1.807) is 16.8 Å². The van der Waals surface area contributed by atoms with Gasteiger partial charge in [-0.3, -0.25) is 5.32 Å². The first-order valence-electron chi connectivity index (χ1n) is 9.77. The van der Waals surface area contributed by atoms with Gasteiger partial charge in [0.1, 0.15) is 11.6 Å². The molecule has 4 aromatic rings. The van der Waals surface area contributed by atoms with E-state index in [1.807, 2.05) is 60.7 Å². The standard InChI is InChI=1S/C24H24N4O2/c1-24(2,3)21-15-22(28(27-21)16-9-5-4-6-10-16)26-23(30)25-19-13-14-20(29)18-12-8-7-11-17(18)19/h4-15,29H,1-3H3,(H2,25,26,30). The lowest BCUT2D eigenvalue weighted by atomic mass is 9.92. The molecule has 152 valence electrons. The van der Waals surface area contributed by atoms with Crippen LogP contribution in [0, 0.1) is 0 Å². The van der Waals surface area contributed by atoms with Crippen molar-refractivity contribution in [3.8, 4) is 11.4 Å². The number of aromatic hydroxyl groups is 1. The predicted molar refractivity (Wildman–Crippen MR) is 121 cm³/mol. The number of phenols is 1. The summed E-state index contributed by atoms with van der Waals surface area (Å²) in [5.41, 5.74) is 2.18. The van der Waals surface area contributed by atoms with Crippen LogP contribution in [0.15, 0.2) is 72.8 Å². The molecular weight excluding hydrogens is 376 g/mol. The fraction of sp³-hybridized carbons (Fsp3) is 0.167. The first-order valence-corrected chi connectivity index (χ1v) is 9.77. The van der Waals surface area contributed by atoms with Crippen LogP contribution in [0.25, 0.3) is 16.5 Å². The Bertz CT molecular complexity index is 1210. The van der Waals surface area contributed by atoms with Crippen LogP contribution in [0.5, 0.6) is 5.75 Å². The summed E-state index contributed by atoms with van der Waals surface area (Å²) in [4.78, 5) is 12.8. The summed E-state index contributed by atoms with van der Waals surface area (Å²) in [5, 5.41) is 22.0.